The minimum Gasteiger partial charge on any atom is -0.481 e. The zero-order valence-corrected chi connectivity index (χ0v) is 11.4. The number of rotatable bonds is 7. The number of benzene rings is 1. The van der Waals surface area contributed by atoms with Gasteiger partial charge in [0.25, 0.3) is 5.91 Å². The Bertz CT molecular complexity index is 433. The summed E-state index contributed by atoms with van der Waals surface area (Å²) < 4.78 is 4.92. The van der Waals surface area contributed by atoms with E-state index in [1.807, 2.05) is 0 Å². The van der Waals surface area contributed by atoms with Crippen LogP contribution in [0.4, 0.5) is 0 Å². The van der Waals surface area contributed by atoms with Crippen LogP contribution in [-0.4, -0.2) is 48.7 Å². The number of methoxy groups -OCH3 is 1. The third kappa shape index (κ3) is 5.28. The van der Waals surface area contributed by atoms with E-state index in [0.717, 1.165) is 0 Å². The van der Waals surface area contributed by atoms with Gasteiger partial charge < -0.3 is 14.7 Å². The van der Waals surface area contributed by atoms with Crippen molar-refractivity contribution in [2.45, 2.75) is 6.42 Å². The van der Waals surface area contributed by atoms with Gasteiger partial charge in [0.2, 0.25) is 0 Å². The van der Waals surface area contributed by atoms with E-state index in [9.17, 15) is 9.59 Å². The van der Waals surface area contributed by atoms with Crippen LogP contribution in [-0.2, 0) is 9.53 Å². The van der Waals surface area contributed by atoms with E-state index >= 15 is 0 Å². The first-order chi connectivity index (χ1) is 9.04. The van der Waals surface area contributed by atoms with Gasteiger partial charge >= 0.3 is 5.97 Å². The van der Waals surface area contributed by atoms with E-state index in [4.69, 9.17) is 21.4 Å². The number of nitrogens with zero attached hydrogens (tertiary/aromatic N) is 1. The summed E-state index contributed by atoms with van der Waals surface area (Å²) in [6, 6.07) is 6.48. The predicted octanol–water partition coefficient (Wildman–Crippen LogP) is 1.90. The van der Waals surface area contributed by atoms with Gasteiger partial charge in [0.15, 0.2) is 0 Å². The van der Waals surface area contributed by atoms with Crippen molar-refractivity contribution >= 4 is 23.5 Å². The fourth-order valence-electron chi connectivity index (χ4n) is 1.52. The molecule has 0 heterocycles. The molecule has 0 aromatic heterocycles. The molecule has 19 heavy (non-hydrogen) atoms. The van der Waals surface area contributed by atoms with Crippen molar-refractivity contribution in [1.82, 2.24) is 4.90 Å². The van der Waals surface area contributed by atoms with E-state index in [-0.39, 0.29) is 18.9 Å². The highest BCUT2D eigenvalue weighted by Crippen LogP contribution is 2.12. The van der Waals surface area contributed by atoms with Gasteiger partial charge in [-0.05, 0) is 24.3 Å². The summed E-state index contributed by atoms with van der Waals surface area (Å²) in [7, 11) is 1.53. The quantitative estimate of drug-likeness (QED) is 0.831. The molecule has 0 aliphatic carbocycles. The lowest BCUT2D eigenvalue weighted by molar-refractivity contribution is -0.137. The fraction of sp³-hybridized carbons (Fsp3) is 0.385. The molecule has 1 amide bonds. The van der Waals surface area contributed by atoms with Gasteiger partial charge in [0, 0.05) is 30.8 Å². The number of aliphatic carboxylic acids is 1. The molecule has 0 aliphatic heterocycles. The van der Waals surface area contributed by atoms with E-state index in [1.54, 1.807) is 24.3 Å². The minimum absolute atomic E-state index is 0.0942. The monoisotopic (exact) mass is 285 g/mol. The molecular weight excluding hydrogens is 270 g/mol. The molecular formula is C13H16ClNO4. The summed E-state index contributed by atoms with van der Waals surface area (Å²) in [4.78, 5) is 24.3. The molecule has 1 N–H and O–H groups in total. The van der Waals surface area contributed by atoms with Crippen LogP contribution < -0.4 is 0 Å². The maximum atomic E-state index is 12.2. The van der Waals surface area contributed by atoms with E-state index in [2.05, 4.69) is 0 Å². The Kier molecular flexibility index (Phi) is 6.32. The maximum absolute atomic E-state index is 12.2. The highest BCUT2D eigenvalue weighted by Gasteiger charge is 2.16. The van der Waals surface area contributed by atoms with Crippen LogP contribution in [0.3, 0.4) is 0 Å². The summed E-state index contributed by atoms with van der Waals surface area (Å²) in [6.45, 7) is 0.865. The Morgan fingerprint density at radius 3 is 2.42 bits per heavy atom. The number of carbonyl (C=O) groups is 2. The van der Waals surface area contributed by atoms with Gasteiger partial charge in [-0.15, -0.1) is 0 Å². The molecule has 0 saturated carbocycles. The molecule has 1 rings (SSSR count). The van der Waals surface area contributed by atoms with E-state index in [1.165, 1.54) is 12.0 Å². The molecule has 1 aromatic carbocycles. The van der Waals surface area contributed by atoms with Crippen LogP contribution in [0.5, 0.6) is 0 Å². The number of hydrogen-bond donors (Lipinski definition) is 1. The summed E-state index contributed by atoms with van der Waals surface area (Å²) >= 11 is 5.76. The van der Waals surface area contributed by atoms with Crippen molar-refractivity contribution in [3.05, 3.63) is 34.9 Å². The van der Waals surface area contributed by atoms with Crippen LogP contribution >= 0.6 is 11.6 Å². The molecule has 104 valence electrons. The lowest BCUT2D eigenvalue weighted by Gasteiger charge is -2.21. The number of hydrogen-bond acceptors (Lipinski definition) is 3. The van der Waals surface area contributed by atoms with E-state index in [0.29, 0.717) is 23.7 Å². The van der Waals surface area contributed by atoms with Crippen molar-refractivity contribution in [2.75, 3.05) is 26.8 Å². The lowest BCUT2D eigenvalue weighted by atomic mass is 10.2. The predicted molar refractivity (Wildman–Crippen MR) is 71.5 cm³/mol. The number of amides is 1. The summed E-state index contributed by atoms with van der Waals surface area (Å²) in [5.41, 5.74) is 0.478. The third-order valence-electron chi connectivity index (χ3n) is 2.54. The Morgan fingerprint density at radius 1 is 1.26 bits per heavy atom. The Labute approximate surface area is 116 Å². The molecule has 0 radical (unpaired) electrons. The largest absolute Gasteiger partial charge is 0.481 e. The molecule has 0 fully saturated rings. The van der Waals surface area contributed by atoms with Crippen LogP contribution in [0.2, 0.25) is 5.02 Å². The van der Waals surface area contributed by atoms with Gasteiger partial charge in [-0.1, -0.05) is 11.6 Å². The van der Waals surface area contributed by atoms with Gasteiger partial charge in [0.1, 0.15) is 0 Å². The first-order valence-corrected chi connectivity index (χ1v) is 6.18. The molecule has 0 spiro atoms. The molecule has 6 heteroatoms. The fourth-order valence-corrected chi connectivity index (χ4v) is 1.65. The average Bonchev–Trinajstić information content (AvgIpc) is 2.39. The van der Waals surface area contributed by atoms with Gasteiger partial charge in [-0.3, -0.25) is 9.59 Å². The van der Waals surface area contributed by atoms with Crippen LogP contribution in [0.1, 0.15) is 16.8 Å². The maximum Gasteiger partial charge on any atom is 0.305 e. The highest BCUT2D eigenvalue weighted by atomic mass is 35.5. The van der Waals surface area contributed by atoms with Gasteiger partial charge in [-0.2, -0.15) is 0 Å². The Morgan fingerprint density at radius 2 is 1.89 bits per heavy atom. The average molecular weight is 286 g/mol. The highest BCUT2D eigenvalue weighted by molar-refractivity contribution is 6.30. The molecule has 5 nitrogen and oxygen atoms in total. The van der Waals surface area contributed by atoms with Crippen molar-refractivity contribution in [1.29, 1.82) is 0 Å². The summed E-state index contributed by atoms with van der Waals surface area (Å²) in [5, 5.41) is 9.24. The standard InChI is InChI=1S/C13H16ClNO4/c1-19-9-8-15(7-6-12(16)17)13(18)10-2-4-11(14)5-3-10/h2-5H,6-9H2,1H3,(H,16,17). The normalized spacial score (nSPS) is 10.2. The third-order valence-corrected chi connectivity index (χ3v) is 2.79. The Balaban J connectivity index is 2.74. The molecule has 1 aromatic rings. The zero-order valence-electron chi connectivity index (χ0n) is 10.6. The van der Waals surface area contributed by atoms with Crippen LogP contribution in [0.15, 0.2) is 24.3 Å². The van der Waals surface area contributed by atoms with Crippen molar-refractivity contribution in [3.63, 3.8) is 0 Å². The summed E-state index contributed by atoms with van der Waals surface area (Å²) in [5.74, 6) is -1.17. The number of carboxylic acids is 1. The number of halogens is 1. The summed E-state index contributed by atoms with van der Waals surface area (Å²) in [6.07, 6.45) is -0.0942. The second-order valence-electron chi connectivity index (χ2n) is 3.94. The van der Waals surface area contributed by atoms with Gasteiger partial charge in [0.05, 0.1) is 13.0 Å². The molecule has 0 saturated heterocycles. The number of carboxylic acid groups (broad SMARTS) is 1. The van der Waals surface area contributed by atoms with Gasteiger partial charge in [-0.25, -0.2) is 0 Å². The zero-order chi connectivity index (χ0) is 14.3. The van der Waals surface area contributed by atoms with E-state index < -0.39 is 5.97 Å². The van der Waals surface area contributed by atoms with Crippen molar-refractivity contribution in [3.8, 4) is 0 Å². The molecule has 0 bridgehead atoms. The minimum atomic E-state index is -0.939. The molecule has 0 unspecified atom stereocenters. The SMILES string of the molecule is COCCN(CCC(=O)O)C(=O)c1ccc(Cl)cc1. The van der Waals surface area contributed by atoms with Crippen molar-refractivity contribution in [2.24, 2.45) is 0 Å². The number of carbonyl (C=O) groups excluding carboxylic acids is 1. The lowest BCUT2D eigenvalue weighted by Crippen LogP contribution is -2.35. The first-order valence-electron chi connectivity index (χ1n) is 5.80. The molecule has 0 atom stereocenters. The van der Waals surface area contributed by atoms with Crippen molar-refractivity contribution < 1.29 is 19.4 Å². The second kappa shape index (κ2) is 7.76. The first kappa shape index (κ1) is 15.5. The molecule has 0 aliphatic rings. The second-order valence-corrected chi connectivity index (χ2v) is 4.37. The topological polar surface area (TPSA) is 66.8 Å². The number of ether oxygens (including phenoxy) is 1. The van der Waals surface area contributed by atoms with Crippen LogP contribution in [0, 0.1) is 0 Å². The Hall–Kier alpha value is -1.59. The smallest absolute Gasteiger partial charge is 0.305 e. The van der Waals surface area contributed by atoms with Crippen LogP contribution in [0.25, 0.3) is 0 Å².